The van der Waals surface area contributed by atoms with Gasteiger partial charge in [-0.1, -0.05) is 5.16 Å². The van der Waals surface area contributed by atoms with E-state index in [0.29, 0.717) is 31.1 Å². The Morgan fingerprint density at radius 2 is 2.11 bits per heavy atom. The fourth-order valence-corrected chi connectivity index (χ4v) is 3.91. The van der Waals surface area contributed by atoms with Crippen LogP contribution in [0.1, 0.15) is 18.4 Å². The molecule has 1 fully saturated rings. The molecular weight excluding hydrogens is 278 g/mol. The SMILES string of the molecule is Cc1noc(C)c1S(=O)(=O)N1CCN[C@H](C)C1.Cl. The number of aryl methyl sites for hydroxylation is 2. The van der Waals surface area contributed by atoms with Crippen LogP contribution in [0.15, 0.2) is 9.42 Å². The third kappa shape index (κ3) is 2.69. The Labute approximate surface area is 113 Å². The van der Waals surface area contributed by atoms with Gasteiger partial charge in [0, 0.05) is 25.7 Å². The zero-order valence-corrected chi connectivity index (χ0v) is 12.3. The summed E-state index contributed by atoms with van der Waals surface area (Å²) in [7, 11) is -3.48. The first-order valence-electron chi connectivity index (χ1n) is 5.59. The number of sulfonamides is 1. The predicted octanol–water partition coefficient (Wildman–Crippen LogP) is 0.696. The summed E-state index contributed by atoms with van der Waals surface area (Å²) in [6.45, 7) is 6.87. The number of halogens is 1. The molecule has 1 atom stereocenters. The average molecular weight is 296 g/mol. The summed E-state index contributed by atoms with van der Waals surface area (Å²) in [5, 5.41) is 6.91. The molecule has 18 heavy (non-hydrogen) atoms. The molecule has 0 bridgehead atoms. The van der Waals surface area contributed by atoms with Crippen molar-refractivity contribution < 1.29 is 12.9 Å². The van der Waals surface area contributed by atoms with Crippen molar-refractivity contribution in [2.45, 2.75) is 31.7 Å². The highest BCUT2D eigenvalue weighted by atomic mass is 35.5. The van der Waals surface area contributed by atoms with Crippen molar-refractivity contribution in [1.82, 2.24) is 14.8 Å². The van der Waals surface area contributed by atoms with E-state index in [1.54, 1.807) is 13.8 Å². The maximum absolute atomic E-state index is 12.4. The normalized spacial score (nSPS) is 21.6. The van der Waals surface area contributed by atoms with Crippen LogP contribution in [0, 0.1) is 13.8 Å². The molecule has 2 rings (SSSR count). The van der Waals surface area contributed by atoms with Crippen molar-refractivity contribution in [1.29, 1.82) is 0 Å². The van der Waals surface area contributed by atoms with Gasteiger partial charge in [0.2, 0.25) is 10.0 Å². The highest BCUT2D eigenvalue weighted by molar-refractivity contribution is 7.89. The van der Waals surface area contributed by atoms with Crippen LogP contribution in [-0.4, -0.2) is 43.6 Å². The van der Waals surface area contributed by atoms with Gasteiger partial charge in [-0.2, -0.15) is 4.31 Å². The highest BCUT2D eigenvalue weighted by Crippen LogP contribution is 2.23. The lowest BCUT2D eigenvalue weighted by Gasteiger charge is -2.30. The van der Waals surface area contributed by atoms with E-state index >= 15 is 0 Å². The van der Waals surface area contributed by atoms with Crippen LogP contribution in [0.25, 0.3) is 0 Å². The van der Waals surface area contributed by atoms with Crippen molar-refractivity contribution in [3.05, 3.63) is 11.5 Å². The van der Waals surface area contributed by atoms with Gasteiger partial charge in [0.25, 0.3) is 0 Å². The average Bonchev–Trinajstić information content (AvgIpc) is 2.59. The van der Waals surface area contributed by atoms with E-state index in [1.165, 1.54) is 4.31 Å². The van der Waals surface area contributed by atoms with E-state index < -0.39 is 10.0 Å². The Morgan fingerprint density at radius 1 is 1.44 bits per heavy atom. The molecule has 0 saturated carbocycles. The van der Waals surface area contributed by atoms with Crippen LogP contribution in [-0.2, 0) is 10.0 Å². The number of nitrogens with one attached hydrogen (secondary N) is 1. The molecule has 104 valence electrons. The number of piperazine rings is 1. The van der Waals surface area contributed by atoms with Gasteiger partial charge in [0.1, 0.15) is 10.6 Å². The Kier molecular flexibility index (Phi) is 4.77. The van der Waals surface area contributed by atoms with Crippen molar-refractivity contribution in [2.24, 2.45) is 0 Å². The molecule has 1 aromatic heterocycles. The van der Waals surface area contributed by atoms with Crippen molar-refractivity contribution in [3.63, 3.8) is 0 Å². The van der Waals surface area contributed by atoms with E-state index in [0.717, 1.165) is 0 Å². The van der Waals surface area contributed by atoms with Gasteiger partial charge in [0.15, 0.2) is 5.76 Å². The minimum absolute atomic E-state index is 0. The second-order valence-corrected chi connectivity index (χ2v) is 6.25. The lowest BCUT2D eigenvalue weighted by Crippen LogP contribution is -2.51. The molecule has 1 aromatic rings. The first kappa shape index (κ1) is 15.4. The second-order valence-electron chi connectivity index (χ2n) is 4.37. The number of hydrogen-bond acceptors (Lipinski definition) is 5. The van der Waals surface area contributed by atoms with Crippen LogP contribution in [0.2, 0.25) is 0 Å². The van der Waals surface area contributed by atoms with Crippen LogP contribution >= 0.6 is 12.4 Å². The van der Waals surface area contributed by atoms with Gasteiger partial charge < -0.3 is 9.84 Å². The fraction of sp³-hybridized carbons (Fsp3) is 0.700. The van der Waals surface area contributed by atoms with E-state index in [4.69, 9.17) is 4.52 Å². The van der Waals surface area contributed by atoms with E-state index in [2.05, 4.69) is 10.5 Å². The molecule has 1 aliphatic rings. The minimum Gasteiger partial charge on any atom is -0.360 e. The Hall–Kier alpha value is -0.630. The van der Waals surface area contributed by atoms with Crippen LogP contribution in [0.4, 0.5) is 0 Å². The first-order chi connectivity index (χ1) is 7.93. The van der Waals surface area contributed by atoms with Gasteiger partial charge >= 0.3 is 0 Å². The summed E-state index contributed by atoms with van der Waals surface area (Å²) < 4.78 is 31.3. The van der Waals surface area contributed by atoms with E-state index in [9.17, 15) is 8.42 Å². The number of rotatable bonds is 2. The molecule has 1 aliphatic heterocycles. The standard InChI is InChI=1S/C10H17N3O3S.ClH/c1-7-6-13(5-4-11-7)17(14,15)10-8(2)12-16-9(10)3;/h7,11H,4-6H2,1-3H3;1H/t7-;/m1./s1. The molecule has 6 nitrogen and oxygen atoms in total. The smallest absolute Gasteiger partial charge is 0.248 e. The van der Waals surface area contributed by atoms with Crippen molar-refractivity contribution in [3.8, 4) is 0 Å². The van der Waals surface area contributed by atoms with Gasteiger partial charge in [-0.3, -0.25) is 0 Å². The summed E-state index contributed by atoms with van der Waals surface area (Å²) in [6, 6.07) is 0.166. The topological polar surface area (TPSA) is 75.4 Å². The molecule has 1 N–H and O–H groups in total. The lowest BCUT2D eigenvalue weighted by molar-refractivity contribution is 0.309. The molecule has 0 amide bonds. The first-order valence-corrected chi connectivity index (χ1v) is 7.03. The van der Waals surface area contributed by atoms with E-state index in [-0.39, 0.29) is 23.3 Å². The Balaban J connectivity index is 0.00000162. The lowest BCUT2D eigenvalue weighted by atomic mass is 10.3. The molecule has 8 heteroatoms. The minimum atomic E-state index is -3.48. The maximum atomic E-state index is 12.4. The molecule has 0 unspecified atom stereocenters. The fourth-order valence-electron chi connectivity index (χ4n) is 2.09. The number of nitrogens with zero attached hydrogens (tertiary/aromatic N) is 2. The Bertz CT molecular complexity index is 495. The Morgan fingerprint density at radius 3 is 2.61 bits per heavy atom. The zero-order chi connectivity index (χ0) is 12.6. The van der Waals surface area contributed by atoms with E-state index in [1.807, 2.05) is 6.92 Å². The van der Waals surface area contributed by atoms with Crippen LogP contribution in [0.3, 0.4) is 0 Å². The summed E-state index contributed by atoms with van der Waals surface area (Å²) in [5.74, 6) is 0.355. The van der Waals surface area contributed by atoms with Crippen molar-refractivity contribution >= 4 is 22.4 Å². The molecule has 2 heterocycles. The quantitative estimate of drug-likeness (QED) is 0.869. The van der Waals surface area contributed by atoms with Crippen LogP contribution < -0.4 is 5.32 Å². The summed E-state index contributed by atoms with van der Waals surface area (Å²) in [6.07, 6.45) is 0. The molecular formula is C10H18ClN3O3S. The summed E-state index contributed by atoms with van der Waals surface area (Å²) in [4.78, 5) is 0.214. The number of hydrogen-bond donors (Lipinski definition) is 1. The van der Waals surface area contributed by atoms with Gasteiger partial charge in [-0.25, -0.2) is 8.42 Å². The highest BCUT2D eigenvalue weighted by Gasteiger charge is 2.33. The number of aromatic nitrogens is 1. The second kappa shape index (κ2) is 5.56. The monoisotopic (exact) mass is 295 g/mol. The van der Waals surface area contributed by atoms with Gasteiger partial charge in [0.05, 0.1) is 0 Å². The van der Waals surface area contributed by atoms with Gasteiger partial charge in [-0.15, -0.1) is 12.4 Å². The van der Waals surface area contributed by atoms with Gasteiger partial charge in [-0.05, 0) is 20.8 Å². The molecule has 0 radical (unpaired) electrons. The van der Waals surface area contributed by atoms with Crippen molar-refractivity contribution in [2.75, 3.05) is 19.6 Å². The zero-order valence-electron chi connectivity index (χ0n) is 10.6. The molecule has 1 saturated heterocycles. The summed E-state index contributed by atoms with van der Waals surface area (Å²) in [5.41, 5.74) is 0.425. The van der Waals surface area contributed by atoms with Crippen LogP contribution in [0.5, 0.6) is 0 Å². The largest absolute Gasteiger partial charge is 0.360 e. The summed E-state index contributed by atoms with van der Waals surface area (Å²) >= 11 is 0. The molecule has 0 spiro atoms. The third-order valence-corrected chi connectivity index (χ3v) is 5.01. The molecule has 0 aliphatic carbocycles. The third-order valence-electron chi connectivity index (χ3n) is 2.90. The molecule has 0 aromatic carbocycles. The maximum Gasteiger partial charge on any atom is 0.248 e. The predicted molar refractivity (Wildman–Crippen MR) is 69.4 cm³/mol.